The highest BCUT2D eigenvalue weighted by molar-refractivity contribution is 6.33. The topological polar surface area (TPSA) is 12.0 Å². The second kappa shape index (κ2) is 10.1. The van der Waals surface area contributed by atoms with E-state index in [1.54, 1.807) is 6.07 Å². The number of nitrogens with one attached hydrogen (secondary N) is 1. The summed E-state index contributed by atoms with van der Waals surface area (Å²) in [5.41, 5.74) is 0.825. The Labute approximate surface area is 121 Å². The highest BCUT2D eigenvalue weighted by Gasteiger charge is 2.00. The number of hydrogen-bond acceptors (Lipinski definition) is 1. The van der Waals surface area contributed by atoms with Crippen LogP contribution >= 0.6 is 11.6 Å². The Morgan fingerprint density at radius 3 is 2.26 bits per heavy atom. The van der Waals surface area contributed by atoms with Gasteiger partial charge in [-0.25, -0.2) is 4.39 Å². The minimum Gasteiger partial charge on any atom is -0.384 e. The van der Waals surface area contributed by atoms with Crippen LogP contribution in [0.3, 0.4) is 0 Å². The van der Waals surface area contributed by atoms with Crippen LogP contribution in [0, 0.1) is 5.82 Å². The van der Waals surface area contributed by atoms with Gasteiger partial charge in [0.15, 0.2) is 0 Å². The average Bonchev–Trinajstić information content (AvgIpc) is 2.39. The van der Waals surface area contributed by atoms with E-state index in [0.29, 0.717) is 5.02 Å². The Bertz CT molecular complexity index is 355. The molecule has 0 aliphatic rings. The minimum atomic E-state index is -0.289. The fraction of sp³-hybridized carbons (Fsp3) is 0.625. The van der Waals surface area contributed by atoms with Gasteiger partial charge in [0.05, 0.1) is 10.7 Å². The third kappa shape index (κ3) is 7.41. The molecule has 19 heavy (non-hydrogen) atoms. The lowest BCUT2D eigenvalue weighted by Gasteiger charge is -2.08. The van der Waals surface area contributed by atoms with Crippen LogP contribution in [0.2, 0.25) is 5.02 Å². The number of halogens is 2. The Balaban J connectivity index is 2.01. The maximum atomic E-state index is 12.9. The fourth-order valence-electron chi connectivity index (χ4n) is 2.11. The molecule has 1 nitrogen and oxygen atoms in total. The van der Waals surface area contributed by atoms with Crippen LogP contribution in [0.4, 0.5) is 10.1 Å². The molecule has 1 aromatic carbocycles. The quantitative estimate of drug-likeness (QED) is 0.517. The van der Waals surface area contributed by atoms with Gasteiger partial charge in [-0.05, 0) is 24.6 Å². The summed E-state index contributed by atoms with van der Waals surface area (Å²) < 4.78 is 12.9. The molecule has 3 heteroatoms. The lowest BCUT2D eigenvalue weighted by molar-refractivity contribution is 0.581. The molecule has 0 heterocycles. The first-order chi connectivity index (χ1) is 9.24. The Hall–Kier alpha value is -0.760. The summed E-state index contributed by atoms with van der Waals surface area (Å²) in [6, 6.07) is 4.47. The standard InChI is InChI=1S/C16H25ClFN/c1-2-3-4-5-6-7-8-9-12-19-16-11-10-14(18)13-15(16)17/h10-11,13,19H,2-9,12H2,1H3. The maximum absolute atomic E-state index is 12.9. The van der Waals surface area contributed by atoms with Crippen molar-refractivity contribution in [1.29, 1.82) is 0 Å². The largest absolute Gasteiger partial charge is 0.384 e. The van der Waals surface area contributed by atoms with Crippen LogP contribution in [0.5, 0.6) is 0 Å². The van der Waals surface area contributed by atoms with E-state index in [-0.39, 0.29) is 5.82 Å². The van der Waals surface area contributed by atoms with E-state index in [1.165, 1.54) is 57.1 Å². The summed E-state index contributed by atoms with van der Waals surface area (Å²) in [7, 11) is 0. The van der Waals surface area contributed by atoms with Gasteiger partial charge in [0.2, 0.25) is 0 Å². The zero-order valence-corrected chi connectivity index (χ0v) is 12.6. The van der Waals surface area contributed by atoms with Crippen LogP contribution in [0.1, 0.15) is 58.3 Å². The zero-order chi connectivity index (χ0) is 13.9. The molecule has 0 atom stereocenters. The number of rotatable bonds is 10. The second-order valence-electron chi connectivity index (χ2n) is 5.03. The van der Waals surface area contributed by atoms with Gasteiger partial charge in [-0.2, -0.15) is 0 Å². The highest BCUT2D eigenvalue weighted by Crippen LogP contribution is 2.22. The maximum Gasteiger partial charge on any atom is 0.124 e. The molecule has 0 fully saturated rings. The van der Waals surface area contributed by atoms with Crippen molar-refractivity contribution in [2.24, 2.45) is 0 Å². The van der Waals surface area contributed by atoms with Crippen molar-refractivity contribution in [2.45, 2.75) is 58.3 Å². The third-order valence-corrected chi connectivity index (χ3v) is 3.59. The Kier molecular flexibility index (Phi) is 8.64. The molecule has 0 radical (unpaired) electrons. The molecule has 0 saturated carbocycles. The van der Waals surface area contributed by atoms with Gasteiger partial charge in [-0.1, -0.05) is 63.5 Å². The first kappa shape index (κ1) is 16.3. The lowest BCUT2D eigenvalue weighted by atomic mass is 10.1. The van der Waals surface area contributed by atoms with Crippen molar-refractivity contribution in [3.05, 3.63) is 29.0 Å². The molecule has 1 N–H and O–H groups in total. The van der Waals surface area contributed by atoms with E-state index >= 15 is 0 Å². The second-order valence-corrected chi connectivity index (χ2v) is 5.43. The van der Waals surface area contributed by atoms with Crippen LogP contribution in [-0.2, 0) is 0 Å². The van der Waals surface area contributed by atoms with Gasteiger partial charge in [-0.15, -0.1) is 0 Å². The molecule has 0 unspecified atom stereocenters. The van der Waals surface area contributed by atoms with E-state index in [0.717, 1.165) is 18.7 Å². The van der Waals surface area contributed by atoms with Crippen molar-refractivity contribution in [3.8, 4) is 0 Å². The van der Waals surface area contributed by atoms with Crippen LogP contribution in [0.25, 0.3) is 0 Å². The van der Waals surface area contributed by atoms with Gasteiger partial charge in [0.25, 0.3) is 0 Å². The molecule has 1 rings (SSSR count). The Morgan fingerprint density at radius 1 is 1.00 bits per heavy atom. The summed E-state index contributed by atoms with van der Waals surface area (Å²) in [6.45, 7) is 3.15. The smallest absolute Gasteiger partial charge is 0.124 e. The normalized spacial score (nSPS) is 10.7. The molecule has 1 aromatic rings. The predicted octanol–water partition coefficient (Wildman–Crippen LogP) is 6.03. The third-order valence-electron chi connectivity index (χ3n) is 3.28. The molecule has 0 spiro atoms. The molecule has 0 amide bonds. The van der Waals surface area contributed by atoms with Gasteiger partial charge in [0, 0.05) is 6.54 Å². The van der Waals surface area contributed by atoms with E-state index < -0.39 is 0 Å². The summed E-state index contributed by atoms with van der Waals surface area (Å²) in [4.78, 5) is 0. The first-order valence-corrected chi connectivity index (χ1v) is 7.80. The fourth-order valence-corrected chi connectivity index (χ4v) is 2.35. The van der Waals surface area contributed by atoms with Gasteiger partial charge >= 0.3 is 0 Å². The van der Waals surface area contributed by atoms with E-state index in [9.17, 15) is 4.39 Å². The molecule has 0 aliphatic carbocycles. The van der Waals surface area contributed by atoms with Crippen molar-refractivity contribution in [3.63, 3.8) is 0 Å². The van der Waals surface area contributed by atoms with Crippen LogP contribution in [0.15, 0.2) is 18.2 Å². The number of unbranched alkanes of at least 4 members (excludes halogenated alkanes) is 7. The summed E-state index contributed by atoms with van der Waals surface area (Å²) in [5.74, 6) is -0.289. The van der Waals surface area contributed by atoms with Gasteiger partial charge in [0.1, 0.15) is 5.82 Å². The van der Waals surface area contributed by atoms with Crippen molar-refractivity contribution >= 4 is 17.3 Å². The lowest BCUT2D eigenvalue weighted by Crippen LogP contribution is -2.02. The average molecular weight is 286 g/mol. The highest BCUT2D eigenvalue weighted by atomic mass is 35.5. The van der Waals surface area contributed by atoms with Gasteiger partial charge < -0.3 is 5.32 Å². The Morgan fingerprint density at radius 2 is 1.63 bits per heavy atom. The first-order valence-electron chi connectivity index (χ1n) is 7.43. The van der Waals surface area contributed by atoms with Gasteiger partial charge in [-0.3, -0.25) is 0 Å². The molecular formula is C16H25ClFN. The SMILES string of the molecule is CCCCCCCCCCNc1ccc(F)cc1Cl. The summed E-state index contributed by atoms with van der Waals surface area (Å²) >= 11 is 5.94. The van der Waals surface area contributed by atoms with Crippen LogP contribution in [-0.4, -0.2) is 6.54 Å². The van der Waals surface area contributed by atoms with Crippen molar-refractivity contribution in [1.82, 2.24) is 0 Å². The number of benzene rings is 1. The summed E-state index contributed by atoms with van der Waals surface area (Å²) in [6.07, 6.45) is 10.5. The monoisotopic (exact) mass is 285 g/mol. The number of anilines is 1. The molecule has 108 valence electrons. The molecular weight excluding hydrogens is 261 g/mol. The number of hydrogen-bond donors (Lipinski definition) is 1. The van der Waals surface area contributed by atoms with E-state index in [4.69, 9.17) is 11.6 Å². The van der Waals surface area contributed by atoms with E-state index in [2.05, 4.69) is 12.2 Å². The minimum absolute atomic E-state index is 0.289. The van der Waals surface area contributed by atoms with Crippen molar-refractivity contribution < 1.29 is 4.39 Å². The van der Waals surface area contributed by atoms with Crippen molar-refractivity contribution in [2.75, 3.05) is 11.9 Å². The zero-order valence-electron chi connectivity index (χ0n) is 11.9. The molecule has 0 aliphatic heterocycles. The molecule has 0 saturated heterocycles. The molecule has 0 aromatic heterocycles. The molecule has 0 bridgehead atoms. The van der Waals surface area contributed by atoms with Crippen LogP contribution < -0.4 is 5.32 Å². The van der Waals surface area contributed by atoms with E-state index in [1.807, 2.05) is 0 Å². The summed E-state index contributed by atoms with van der Waals surface area (Å²) in [5, 5.41) is 3.71. The predicted molar refractivity (Wildman–Crippen MR) is 82.5 cm³/mol.